The van der Waals surface area contributed by atoms with E-state index in [1.165, 1.54) is 13.0 Å². The van der Waals surface area contributed by atoms with Crippen molar-refractivity contribution in [3.05, 3.63) is 63.7 Å². The molecule has 10 nitrogen and oxygen atoms in total. The van der Waals surface area contributed by atoms with E-state index in [1.807, 2.05) is 13.0 Å². The number of fused-ring (bicyclic) bond motifs is 2. The van der Waals surface area contributed by atoms with Crippen molar-refractivity contribution in [1.82, 2.24) is 29.6 Å². The Morgan fingerprint density at radius 1 is 1.09 bits per heavy atom. The highest BCUT2D eigenvalue weighted by Gasteiger charge is 2.57. The maximum Gasteiger partial charge on any atom is 0.248 e. The lowest BCUT2D eigenvalue weighted by Gasteiger charge is -2.27. The molecule has 2 aliphatic carbocycles. The van der Waals surface area contributed by atoms with Crippen LogP contribution in [0.4, 0.5) is 10.2 Å². The van der Waals surface area contributed by atoms with Gasteiger partial charge in [-0.15, -0.1) is 0 Å². The lowest BCUT2D eigenvalue weighted by molar-refractivity contribution is -0.138. The van der Waals surface area contributed by atoms with Crippen molar-refractivity contribution >= 4 is 50.2 Å². The molecule has 7 rings (SSSR count). The van der Waals surface area contributed by atoms with Crippen LogP contribution in [0, 0.1) is 31.5 Å². The van der Waals surface area contributed by atoms with Gasteiger partial charge in [-0.1, -0.05) is 0 Å². The first-order valence-electron chi connectivity index (χ1n) is 14.4. The summed E-state index contributed by atoms with van der Waals surface area (Å²) in [6, 6.07) is 4.66. The summed E-state index contributed by atoms with van der Waals surface area (Å²) >= 11 is 3.08. The second-order valence-electron chi connectivity index (χ2n) is 11.9. The molecule has 3 aliphatic rings. The first-order chi connectivity index (χ1) is 20.6. The molecule has 0 spiro atoms. The molecule has 2 saturated carbocycles. The van der Waals surface area contributed by atoms with Gasteiger partial charge >= 0.3 is 0 Å². The second kappa shape index (κ2) is 10.3. The number of hydrogen-bond acceptors (Lipinski definition) is 7. The van der Waals surface area contributed by atoms with Crippen molar-refractivity contribution in [3.8, 4) is 11.1 Å². The third-order valence-corrected chi connectivity index (χ3v) is 9.28. The highest BCUT2D eigenvalue weighted by atomic mass is 79.9. The van der Waals surface area contributed by atoms with Crippen LogP contribution in [0.25, 0.3) is 22.0 Å². The summed E-state index contributed by atoms with van der Waals surface area (Å²) in [5.41, 5.74) is 4.36. The molecule has 0 unspecified atom stereocenters. The summed E-state index contributed by atoms with van der Waals surface area (Å²) < 4.78 is 15.5. The number of pyridine rings is 1. The third kappa shape index (κ3) is 5.01. The average Bonchev–Trinajstić information content (AvgIpc) is 3.89. The summed E-state index contributed by atoms with van der Waals surface area (Å²) in [4.78, 5) is 54.5. The SMILES string of the molecule is CC(=O)c1nn(CC(=O)N2C[C@H]3C[C@H]3[C@H]2C(=O)Nc2nc(Br)c(F)cc2C)c2c(C3CC3)cc(-c3cnc(C)nc3)cc12. The Hall–Kier alpha value is -4.06. The number of amides is 2. The van der Waals surface area contributed by atoms with Crippen LogP contribution >= 0.6 is 15.9 Å². The van der Waals surface area contributed by atoms with Gasteiger partial charge in [-0.05, 0) is 102 Å². The predicted octanol–water partition coefficient (Wildman–Crippen LogP) is 4.97. The summed E-state index contributed by atoms with van der Waals surface area (Å²) in [6.45, 7) is 5.35. The van der Waals surface area contributed by atoms with Gasteiger partial charge in [-0.2, -0.15) is 5.10 Å². The zero-order chi connectivity index (χ0) is 30.2. The van der Waals surface area contributed by atoms with Gasteiger partial charge in [0, 0.05) is 36.8 Å². The number of anilines is 1. The Bertz CT molecular complexity index is 1840. The van der Waals surface area contributed by atoms with Crippen LogP contribution in [0.3, 0.4) is 0 Å². The number of likely N-dealkylation sites (tertiary alicyclic amines) is 1. The largest absolute Gasteiger partial charge is 0.328 e. The molecule has 3 aromatic heterocycles. The second-order valence-corrected chi connectivity index (χ2v) is 12.6. The summed E-state index contributed by atoms with van der Waals surface area (Å²) in [5, 5.41) is 8.17. The van der Waals surface area contributed by atoms with E-state index in [0.29, 0.717) is 34.9 Å². The minimum atomic E-state index is -0.660. The summed E-state index contributed by atoms with van der Waals surface area (Å²) in [5.74, 6) is 0.270. The number of halogens is 2. The number of aryl methyl sites for hydroxylation is 2. The Kier molecular flexibility index (Phi) is 6.64. The van der Waals surface area contributed by atoms with Crippen molar-refractivity contribution in [2.75, 3.05) is 11.9 Å². The molecule has 2 amide bonds. The molecule has 3 atom stereocenters. The molecule has 0 radical (unpaired) electrons. The Morgan fingerprint density at radius 2 is 1.84 bits per heavy atom. The number of carbonyl (C=O) groups excluding carboxylic acids is 3. The highest BCUT2D eigenvalue weighted by molar-refractivity contribution is 9.10. The zero-order valence-electron chi connectivity index (χ0n) is 23.9. The first kappa shape index (κ1) is 27.8. The number of carbonyl (C=O) groups is 3. The van der Waals surface area contributed by atoms with Gasteiger partial charge in [0.2, 0.25) is 11.8 Å². The molecular weight excluding hydrogens is 617 g/mol. The van der Waals surface area contributed by atoms with E-state index >= 15 is 0 Å². The molecule has 1 N–H and O–H groups in total. The minimum absolute atomic E-state index is 0.00779. The van der Waals surface area contributed by atoms with Crippen molar-refractivity contribution in [2.24, 2.45) is 11.8 Å². The number of benzene rings is 1. The molecule has 0 bridgehead atoms. The van der Waals surface area contributed by atoms with Crippen molar-refractivity contribution < 1.29 is 18.8 Å². The van der Waals surface area contributed by atoms with Gasteiger partial charge in [-0.3, -0.25) is 19.1 Å². The van der Waals surface area contributed by atoms with E-state index in [4.69, 9.17) is 0 Å². The fourth-order valence-corrected chi connectivity index (χ4v) is 6.58. The first-order valence-corrected chi connectivity index (χ1v) is 15.2. The van der Waals surface area contributed by atoms with E-state index in [2.05, 4.69) is 47.4 Å². The number of nitrogens with zero attached hydrogens (tertiary/aromatic N) is 6. The van der Waals surface area contributed by atoms with Gasteiger partial charge in [-0.25, -0.2) is 19.3 Å². The van der Waals surface area contributed by atoms with E-state index in [1.54, 1.807) is 28.9 Å². The fraction of sp³-hybridized carbons (Fsp3) is 0.387. The number of aromatic nitrogens is 5. The minimum Gasteiger partial charge on any atom is -0.328 e. The van der Waals surface area contributed by atoms with Crippen molar-refractivity contribution in [3.63, 3.8) is 0 Å². The Labute approximate surface area is 255 Å². The van der Waals surface area contributed by atoms with Crippen LogP contribution in [-0.4, -0.2) is 59.8 Å². The van der Waals surface area contributed by atoms with E-state index in [0.717, 1.165) is 41.5 Å². The molecular formula is C31H29BrFN7O3. The topological polar surface area (TPSA) is 123 Å². The number of ketones is 1. The Balaban J connectivity index is 1.21. The zero-order valence-corrected chi connectivity index (χ0v) is 25.5. The van der Waals surface area contributed by atoms with Gasteiger partial charge < -0.3 is 10.2 Å². The van der Waals surface area contributed by atoms with Crippen LogP contribution in [-0.2, 0) is 16.1 Å². The van der Waals surface area contributed by atoms with Crippen molar-refractivity contribution in [2.45, 2.75) is 58.5 Å². The van der Waals surface area contributed by atoms with Crippen LogP contribution in [0.5, 0.6) is 0 Å². The summed E-state index contributed by atoms with van der Waals surface area (Å²) in [7, 11) is 0. The lowest BCUT2D eigenvalue weighted by Crippen LogP contribution is -2.47. The number of nitrogens with one attached hydrogen (secondary N) is 1. The molecule has 1 saturated heterocycles. The van der Waals surface area contributed by atoms with E-state index in [9.17, 15) is 18.8 Å². The van der Waals surface area contributed by atoms with Gasteiger partial charge in [0.1, 0.15) is 34.5 Å². The van der Waals surface area contributed by atoms with E-state index < -0.39 is 11.9 Å². The lowest BCUT2D eigenvalue weighted by atomic mass is 9.98. The smallest absolute Gasteiger partial charge is 0.248 e. The summed E-state index contributed by atoms with van der Waals surface area (Å²) in [6.07, 6.45) is 6.45. The van der Waals surface area contributed by atoms with Crippen LogP contribution < -0.4 is 5.32 Å². The average molecular weight is 647 g/mol. The van der Waals surface area contributed by atoms with Crippen LogP contribution in [0.1, 0.15) is 59.5 Å². The molecule has 3 fully saturated rings. The Morgan fingerprint density at radius 3 is 2.53 bits per heavy atom. The maximum absolute atomic E-state index is 13.9. The quantitative estimate of drug-likeness (QED) is 0.222. The normalized spacial score (nSPS) is 20.8. The maximum atomic E-state index is 13.9. The van der Waals surface area contributed by atoms with E-state index in [-0.39, 0.29) is 46.4 Å². The molecule has 43 heavy (non-hydrogen) atoms. The van der Waals surface area contributed by atoms with Crippen LogP contribution in [0.15, 0.2) is 35.2 Å². The monoisotopic (exact) mass is 645 g/mol. The van der Waals surface area contributed by atoms with Crippen molar-refractivity contribution in [1.29, 1.82) is 0 Å². The fourth-order valence-electron chi connectivity index (χ4n) is 6.29. The number of Topliss-reactive ketones (excluding diaryl/α,β-unsaturated/α-hetero) is 1. The number of rotatable bonds is 7. The predicted molar refractivity (Wildman–Crippen MR) is 160 cm³/mol. The third-order valence-electron chi connectivity index (χ3n) is 8.73. The standard InChI is InChI=1S/C31H29BrFN7O3/c1-14-6-24(33)29(32)36-30(14)37-31(43)28-22-9-19(22)12-39(28)25(42)13-40-27-21(17-4-5-17)7-18(20-10-34-16(3)35-11-20)8-23(27)26(38-40)15(2)41/h6-8,10-11,17,19,22,28H,4-5,9,12-13H2,1-3H3,(H,36,37,43)/t19-,22-,28+/m1/s1. The molecule has 4 heterocycles. The van der Waals surface area contributed by atoms with Crippen LogP contribution in [0.2, 0.25) is 0 Å². The molecule has 1 aromatic carbocycles. The molecule has 1 aliphatic heterocycles. The van der Waals surface area contributed by atoms with Gasteiger partial charge in [0.15, 0.2) is 11.6 Å². The highest BCUT2D eigenvalue weighted by Crippen LogP contribution is 2.50. The van der Waals surface area contributed by atoms with Gasteiger partial charge in [0.05, 0.1) is 5.52 Å². The molecule has 4 aromatic rings. The molecule has 12 heteroatoms. The van der Waals surface area contributed by atoms with Gasteiger partial charge in [0.25, 0.3) is 0 Å². The number of piperidine rings is 1. The molecule has 220 valence electrons. The number of hydrogen-bond donors (Lipinski definition) is 1.